The van der Waals surface area contributed by atoms with Gasteiger partial charge in [0.05, 0.1) is 6.42 Å². The van der Waals surface area contributed by atoms with Gasteiger partial charge in [0, 0.05) is 25.9 Å². The molecule has 9 nitrogen and oxygen atoms in total. The molecule has 2 aromatic rings. The zero-order valence-electron chi connectivity index (χ0n) is 23.1. The Morgan fingerprint density at radius 2 is 1.54 bits per heavy atom. The first-order valence-corrected chi connectivity index (χ1v) is 13.3. The van der Waals surface area contributed by atoms with Gasteiger partial charge in [-0.2, -0.15) is 0 Å². The fraction of sp³-hybridized carbons (Fsp3) is 0.467. The highest BCUT2D eigenvalue weighted by Crippen LogP contribution is 2.44. The van der Waals surface area contributed by atoms with E-state index < -0.39 is 29.7 Å². The highest BCUT2D eigenvalue weighted by atomic mass is 16.6. The molecule has 1 aliphatic carbocycles. The molecule has 0 saturated carbocycles. The van der Waals surface area contributed by atoms with Gasteiger partial charge in [-0.1, -0.05) is 48.5 Å². The maximum Gasteiger partial charge on any atom is 0.410 e. The Kier molecular flexibility index (Phi) is 10.1. The van der Waals surface area contributed by atoms with Crippen LogP contribution in [0.5, 0.6) is 0 Å². The SMILES string of the molecule is CN(C(=O)OCC1c2ccccc2-c2ccccc21)C(CCCCNC(=O)CCC(=O)OC(C)(C)C)C(=O)O. The zero-order valence-corrected chi connectivity index (χ0v) is 23.1. The van der Waals surface area contributed by atoms with Crippen molar-refractivity contribution in [3.63, 3.8) is 0 Å². The molecule has 0 spiro atoms. The highest BCUT2D eigenvalue weighted by Gasteiger charge is 2.31. The lowest BCUT2D eigenvalue weighted by atomic mass is 9.98. The molecule has 0 bridgehead atoms. The van der Waals surface area contributed by atoms with Crippen LogP contribution >= 0.6 is 0 Å². The summed E-state index contributed by atoms with van der Waals surface area (Å²) in [5.41, 5.74) is 3.79. The highest BCUT2D eigenvalue weighted by molar-refractivity contribution is 5.82. The fourth-order valence-corrected chi connectivity index (χ4v) is 4.69. The van der Waals surface area contributed by atoms with Crippen LogP contribution < -0.4 is 5.32 Å². The first kappa shape index (κ1) is 29.7. The Labute approximate surface area is 229 Å². The number of hydrogen-bond acceptors (Lipinski definition) is 6. The lowest BCUT2D eigenvalue weighted by Gasteiger charge is -2.25. The molecule has 2 amide bonds. The minimum absolute atomic E-state index is 0.00484. The number of unbranched alkanes of at least 4 members (excludes halogenated alkanes) is 1. The maximum absolute atomic E-state index is 12.8. The first-order chi connectivity index (χ1) is 18.5. The summed E-state index contributed by atoms with van der Waals surface area (Å²) < 4.78 is 10.8. The summed E-state index contributed by atoms with van der Waals surface area (Å²) in [4.78, 5) is 49.5. The molecular formula is C30H38N2O7. The molecule has 0 aromatic heterocycles. The third-order valence-electron chi connectivity index (χ3n) is 6.58. The van der Waals surface area contributed by atoms with Crippen molar-refractivity contribution in [2.45, 2.75) is 70.4 Å². The van der Waals surface area contributed by atoms with Gasteiger partial charge >= 0.3 is 18.0 Å². The molecule has 2 aromatic carbocycles. The van der Waals surface area contributed by atoms with E-state index in [0.717, 1.165) is 27.2 Å². The predicted octanol–water partition coefficient (Wildman–Crippen LogP) is 4.73. The Morgan fingerprint density at radius 3 is 2.10 bits per heavy atom. The number of carboxylic acids is 1. The van der Waals surface area contributed by atoms with Crippen LogP contribution in [0.25, 0.3) is 11.1 Å². The molecule has 1 unspecified atom stereocenters. The van der Waals surface area contributed by atoms with Crippen LogP contribution in [-0.2, 0) is 23.9 Å². The number of aliphatic carboxylic acids is 1. The number of benzene rings is 2. The fourth-order valence-electron chi connectivity index (χ4n) is 4.69. The number of carbonyl (C=O) groups is 4. The van der Waals surface area contributed by atoms with Crippen molar-refractivity contribution < 1.29 is 33.8 Å². The molecule has 0 saturated heterocycles. The summed E-state index contributed by atoms with van der Waals surface area (Å²) in [6, 6.07) is 14.9. The van der Waals surface area contributed by atoms with E-state index in [4.69, 9.17) is 9.47 Å². The van der Waals surface area contributed by atoms with Crippen molar-refractivity contribution >= 4 is 23.9 Å². The Morgan fingerprint density at radius 1 is 0.949 bits per heavy atom. The molecule has 2 N–H and O–H groups in total. The maximum atomic E-state index is 12.8. The largest absolute Gasteiger partial charge is 0.480 e. The zero-order chi connectivity index (χ0) is 28.6. The van der Waals surface area contributed by atoms with Crippen LogP contribution in [0.3, 0.4) is 0 Å². The number of likely N-dealkylation sites (N-methyl/N-ethyl adjacent to an activating group) is 1. The minimum atomic E-state index is -1.12. The summed E-state index contributed by atoms with van der Waals surface area (Å²) in [5.74, 6) is -1.94. The van der Waals surface area contributed by atoms with Crippen LogP contribution in [0.2, 0.25) is 0 Å². The van der Waals surface area contributed by atoms with Crippen LogP contribution in [-0.4, -0.2) is 65.8 Å². The van der Waals surface area contributed by atoms with Gasteiger partial charge in [0.25, 0.3) is 0 Å². The van der Waals surface area contributed by atoms with E-state index in [1.807, 2.05) is 48.5 Å². The van der Waals surface area contributed by atoms with Gasteiger partial charge in [0.15, 0.2) is 0 Å². The summed E-state index contributed by atoms with van der Waals surface area (Å²) in [7, 11) is 1.43. The summed E-state index contributed by atoms with van der Waals surface area (Å²) >= 11 is 0. The normalized spacial score (nSPS) is 13.1. The van der Waals surface area contributed by atoms with E-state index in [2.05, 4.69) is 5.32 Å². The van der Waals surface area contributed by atoms with Crippen molar-refractivity contribution in [2.24, 2.45) is 0 Å². The minimum Gasteiger partial charge on any atom is -0.480 e. The number of nitrogens with zero attached hydrogens (tertiary/aromatic N) is 1. The molecule has 39 heavy (non-hydrogen) atoms. The van der Waals surface area contributed by atoms with E-state index in [1.165, 1.54) is 7.05 Å². The summed E-state index contributed by atoms with van der Waals surface area (Å²) in [6.45, 7) is 5.74. The van der Waals surface area contributed by atoms with E-state index in [1.54, 1.807) is 20.8 Å². The van der Waals surface area contributed by atoms with Gasteiger partial charge in [-0.25, -0.2) is 9.59 Å². The number of carbonyl (C=O) groups excluding carboxylic acids is 3. The first-order valence-electron chi connectivity index (χ1n) is 13.3. The molecule has 0 fully saturated rings. The Bertz CT molecular complexity index is 1140. The topological polar surface area (TPSA) is 122 Å². The van der Waals surface area contributed by atoms with E-state index in [-0.39, 0.29) is 37.7 Å². The average Bonchev–Trinajstić information content (AvgIpc) is 3.20. The third-order valence-corrected chi connectivity index (χ3v) is 6.58. The van der Waals surface area contributed by atoms with Crippen molar-refractivity contribution in [2.75, 3.05) is 20.2 Å². The van der Waals surface area contributed by atoms with Crippen molar-refractivity contribution in [1.82, 2.24) is 10.2 Å². The summed E-state index contributed by atoms with van der Waals surface area (Å²) in [5, 5.41) is 12.4. The van der Waals surface area contributed by atoms with Gasteiger partial charge in [-0.15, -0.1) is 0 Å². The van der Waals surface area contributed by atoms with Crippen LogP contribution in [0.15, 0.2) is 48.5 Å². The second kappa shape index (κ2) is 13.3. The smallest absolute Gasteiger partial charge is 0.410 e. The summed E-state index contributed by atoms with van der Waals surface area (Å²) in [6.07, 6.45) is 0.542. The molecule has 0 radical (unpaired) electrons. The Hall–Kier alpha value is -3.88. The van der Waals surface area contributed by atoms with Crippen LogP contribution in [0, 0.1) is 0 Å². The molecule has 1 aliphatic rings. The van der Waals surface area contributed by atoms with Gasteiger partial charge in [0.2, 0.25) is 5.91 Å². The number of rotatable bonds is 12. The monoisotopic (exact) mass is 538 g/mol. The lowest BCUT2D eigenvalue weighted by Crippen LogP contribution is -2.43. The number of hydrogen-bond donors (Lipinski definition) is 2. The van der Waals surface area contributed by atoms with Crippen LogP contribution in [0.1, 0.15) is 69.9 Å². The number of ether oxygens (including phenoxy) is 2. The molecule has 1 atom stereocenters. The number of fused-ring (bicyclic) bond motifs is 3. The molecule has 0 aliphatic heterocycles. The molecule has 3 rings (SSSR count). The van der Waals surface area contributed by atoms with Crippen molar-refractivity contribution in [1.29, 1.82) is 0 Å². The van der Waals surface area contributed by atoms with E-state index >= 15 is 0 Å². The molecule has 9 heteroatoms. The van der Waals surface area contributed by atoms with Gasteiger partial charge in [0.1, 0.15) is 18.2 Å². The average molecular weight is 539 g/mol. The molecule has 210 valence electrons. The second-order valence-electron chi connectivity index (χ2n) is 10.7. The quantitative estimate of drug-likeness (QED) is 0.296. The lowest BCUT2D eigenvalue weighted by molar-refractivity contribution is -0.155. The number of carboxylic acid groups (broad SMARTS) is 1. The third kappa shape index (κ3) is 8.30. The van der Waals surface area contributed by atoms with Crippen LogP contribution in [0.4, 0.5) is 4.79 Å². The van der Waals surface area contributed by atoms with Crippen molar-refractivity contribution in [3.8, 4) is 11.1 Å². The van der Waals surface area contributed by atoms with Gasteiger partial charge in [-0.05, 0) is 62.3 Å². The standard InChI is InChI=1S/C30H38N2O7/c1-30(2,3)39-27(34)17-16-26(33)31-18-10-9-15-25(28(35)36)32(4)29(37)38-19-24-22-13-7-5-11-20(22)21-12-6-8-14-23(21)24/h5-8,11-14,24-25H,9-10,15-19H2,1-4H3,(H,31,33)(H,35,36). The predicted molar refractivity (Wildman–Crippen MR) is 146 cm³/mol. The second-order valence-corrected chi connectivity index (χ2v) is 10.7. The van der Waals surface area contributed by atoms with Crippen molar-refractivity contribution in [3.05, 3.63) is 59.7 Å². The molecule has 0 heterocycles. The van der Waals surface area contributed by atoms with E-state index in [9.17, 15) is 24.3 Å². The Balaban J connectivity index is 1.43. The van der Waals surface area contributed by atoms with Gasteiger partial charge in [-0.3, -0.25) is 14.5 Å². The number of nitrogens with one attached hydrogen (secondary N) is 1. The van der Waals surface area contributed by atoms with E-state index in [0.29, 0.717) is 19.4 Å². The number of amides is 2. The molecular weight excluding hydrogens is 500 g/mol. The van der Waals surface area contributed by atoms with Gasteiger partial charge < -0.3 is 19.9 Å². The number of esters is 1.